The first-order chi connectivity index (χ1) is 6.16. The Morgan fingerprint density at radius 3 is 2.38 bits per heavy atom. The first-order valence-corrected chi connectivity index (χ1v) is 4.57. The van der Waals surface area contributed by atoms with Gasteiger partial charge in [0.15, 0.2) is 0 Å². The summed E-state index contributed by atoms with van der Waals surface area (Å²) in [4.78, 5) is 0. The molecule has 0 fully saturated rings. The van der Waals surface area contributed by atoms with Crippen molar-refractivity contribution in [2.45, 2.75) is 6.92 Å². The van der Waals surface area contributed by atoms with Gasteiger partial charge in [-0.15, -0.1) is 0 Å². The van der Waals surface area contributed by atoms with E-state index in [1.165, 1.54) is 0 Å². The van der Waals surface area contributed by atoms with Crippen molar-refractivity contribution in [3.05, 3.63) is 34.9 Å². The maximum atomic E-state index is 5.99. The van der Waals surface area contributed by atoms with E-state index < -0.39 is 0 Å². The summed E-state index contributed by atoms with van der Waals surface area (Å²) in [6.07, 6.45) is 0. The van der Waals surface area contributed by atoms with E-state index in [9.17, 15) is 0 Å². The number of rotatable bonds is 2. The maximum absolute atomic E-state index is 5.99. The lowest BCUT2D eigenvalue weighted by Gasteiger charge is -2.07. The van der Waals surface area contributed by atoms with Gasteiger partial charge in [0.05, 0.1) is 12.1 Å². The van der Waals surface area contributed by atoms with Crippen molar-refractivity contribution in [2.75, 3.05) is 7.11 Å². The van der Waals surface area contributed by atoms with Gasteiger partial charge in [0.25, 0.3) is 0 Å². The fourth-order valence-corrected chi connectivity index (χ4v) is 1.27. The molecule has 13 heavy (non-hydrogen) atoms. The van der Waals surface area contributed by atoms with Crippen LogP contribution in [0, 0.1) is 0 Å². The smallest absolute Gasteiger partial charge is 0.127 e. The molecule has 0 saturated carbocycles. The Morgan fingerprint density at radius 2 is 1.85 bits per heavy atom. The zero-order valence-electron chi connectivity index (χ0n) is 7.47. The molecule has 0 saturated heterocycles. The van der Waals surface area contributed by atoms with Gasteiger partial charge in [-0.25, -0.2) is 0 Å². The second-order valence-corrected chi connectivity index (χ2v) is 3.49. The van der Waals surface area contributed by atoms with Crippen LogP contribution in [0.3, 0.4) is 0 Å². The highest BCUT2D eigenvalue weighted by Crippen LogP contribution is 2.31. The lowest BCUT2D eigenvalue weighted by Crippen LogP contribution is -1.88. The van der Waals surface area contributed by atoms with Gasteiger partial charge in [-0.2, -0.15) is 0 Å². The Labute approximate surface area is 87.9 Å². The van der Waals surface area contributed by atoms with Gasteiger partial charge in [-0.05, 0) is 19.1 Å². The van der Waals surface area contributed by atoms with Gasteiger partial charge < -0.3 is 4.74 Å². The summed E-state index contributed by atoms with van der Waals surface area (Å²) >= 11 is 11.8. The summed E-state index contributed by atoms with van der Waals surface area (Å²) < 4.78 is 5.14. The molecule has 0 aliphatic heterocycles. The van der Waals surface area contributed by atoms with Crippen molar-refractivity contribution in [1.29, 1.82) is 0 Å². The van der Waals surface area contributed by atoms with Gasteiger partial charge >= 0.3 is 0 Å². The molecule has 1 aromatic carbocycles. The Balaban J connectivity index is 3.21. The van der Waals surface area contributed by atoms with Gasteiger partial charge in [0.2, 0.25) is 0 Å². The summed E-state index contributed by atoms with van der Waals surface area (Å²) in [6.45, 7) is 1.75. The van der Waals surface area contributed by atoms with E-state index in [0.717, 1.165) is 11.3 Å². The molecule has 70 valence electrons. The molecule has 3 heteroatoms. The van der Waals surface area contributed by atoms with Crippen molar-refractivity contribution < 1.29 is 4.74 Å². The number of ether oxygens (including phenoxy) is 1. The Morgan fingerprint density at radius 1 is 1.23 bits per heavy atom. The van der Waals surface area contributed by atoms with Crippen LogP contribution in [0.25, 0.3) is 5.03 Å². The molecule has 0 aliphatic rings. The van der Waals surface area contributed by atoms with E-state index in [4.69, 9.17) is 27.9 Å². The molecule has 0 radical (unpaired) electrons. The summed E-state index contributed by atoms with van der Waals surface area (Å²) in [7, 11) is 1.60. The number of allylic oxidation sites excluding steroid dienone is 1. The summed E-state index contributed by atoms with van der Waals surface area (Å²) in [5.41, 5.74) is 0.819. The highest BCUT2D eigenvalue weighted by molar-refractivity contribution is 6.54. The summed E-state index contributed by atoms with van der Waals surface area (Å²) in [5.74, 6) is 0.729. The topological polar surface area (TPSA) is 9.23 Å². The fraction of sp³-hybridized carbons (Fsp3) is 0.200. The molecule has 0 spiro atoms. The molecule has 0 N–H and O–H groups in total. The maximum Gasteiger partial charge on any atom is 0.127 e. The quantitative estimate of drug-likeness (QED) is 0.730. The minimum atomic E-state index is 0.527. The standard InChI is InChI=1S/C10H10Cl2O/c1-7(11)10(12)8-5-3-4-6-9(8)13-2/h3-6H,1-2H3/b10-7-. The van der Waals surface area contributed by atoms with E-state index in [1.54, 1.807) is 14.0 Å². The summed E-state index contributed by atoms with van der Waals surface area (Å²) in [5, 5.41) is 1.09. The molecule has 1 rings (SSSR count). The fourth-order valence-electron chi connectivity index (χ4n) is 1.01. The third-order valence-corrected chi connectivity index (χ3v) is 2.42. The molecule has 0 unspecified atom stereocenters. The number of halogens is 2. The zero-order chi connectivity index (χ0) is 9.84. The van der Waals surface area contributed by atoms with Gasteiger partial charge in [0, 0.05) is 10.6 Å². The van der Waals surface area contributed by atoms with Crippen LogP contribution in [0.5, 0.6) is 5.75 Å². The predicted octanol–water partition coefficient (Wildman–Crippen LogP) is 3.86. The molecule has 0 bridgehead atoms. The van der Waals surface area contributed by atoms with Crippen LogP contribution >= 0.6 is 23.2 Å². The highest BCUT2D eigenvalue weighted by Gasteiger charge is 2.06. The van der Waals surface area contributed by atoms with Crippen LogP contribution < -0.4 is 4.74 Å². The molecule has 0 amide bonds. The minimum Gasteiger partial charge on any atom is -0.496 e. The number of benzene rings is 1. The first kappa shape index (κ1) is 10.4. The third-order valence-electron chi connectivity index (χ3n) is 1.65. The van der Waals surface area contributed by atoms with Crippen molar-refractivity contribution in [3.63, 3.8) is 0 Å². The average molecular weight is 217 g/mol. The van der Waals surface area contributed by atoms with Crippen LogP contribution in [0.15, 0.2) is 29.3 Å². The van der Waals surface area contributed by atoms with Crippen molar-refractivity contribution in [1.82, 2.24) is 0 Å². The number of methoxy groups -OCH3 is 1. The van der Waals surface area contributed by atoms with E-state index in [-0.39, 0.29) is 0 Å². The molecular formula is C10H10Cl2O. The minimum absolute atomic E-state index is 0.527. The van der Waals surface area contributed by atoms with Gasteiger partial charge in [0.1, 0.15) is 5.75 Å². The predicted molar refractivity (Wildman–Crippen MR) is 57.3 cm³/mol. The van der Waals surface area contributed by atoms with Gasteiger partial charge in [-0.1, -0.05) is 35.3 Å². The Bertz CT molecular complexity index is 327. The molecule has 0 atom stereocenters. The lowest BCUT2D eigenvalue weighted by atomic mass is 10.2. The lowest BCUT2D eigenvalue weighted by molar-refractivity contribution is 0.413. The van der Waals surface area contributed by atoms with Crippen molar-refractivity contribution >= 4 is 28.2 Å². The van der Waals surface area contributed by atoms with Crippen molar-refractivity contribution in [3.8, 4) is 5.75 Å². The molecule has 1 aromatic rings. The molecular weight excluding hydrogens is 207 g/mol. The average Bonchev–Trinajstić information content (AvgIpc) is 2.16. The summed E-state index contributed by atoms with van der Waals surface area (Å²) in [6, 6.07) is 7.49. The first-order valence-electron chi connectivity index (χ1n) is 3.82. The second kappa shape index (κ2) is 4.54. The van der Waals surface area contributed by atoms with Gasteiger partial charge in [-0.3, -0.25) is 0 Å². The third kappa shape index (κ3) is 2.39. The Kier molecular flexibility index (Phi) is 3.64. The normalized spacial score (nSPS) is 12.3. The van der Waals surface area contributed by atoms with Crippen LogP contribution in [0.4, 0.5) is 0 Å². The second-order valence-electron chi connectivity index (χ2n) is 2.55. The van der Waals surface area contributed by atoms with Crippen LogP contribution in [-0.2, 0) is 0 Å². The largest absolute Gasteiger partial charge is 0.496 e. The zero-order valence-corrected chi connectivity index (χ0v) is 8.99. The van der Waals surface area contributed by atoms with E-state index >= 15 is 0 Å². The molecule has 0 aliphatic carbocycles. The Hall–Kier alpha value is -0.660. The van der Waals surface area contributed by atoms with Crippen molar-refractivity contribution in [2.24, 2.45) is 0 Å². The molecule has 1 nitrogen and oxygen atoms in total. The number of hydrogen-bond acceptors (Lipinski definition) is 1. The molecule has 0 heterocycles. The van der Waals surface area contributed by atoms with E-state index in [0.29, 0.717) is 10.1 Å². The van der Waals surface area contributed by atoms with E-state index in [2.05, 4.69) is 0 Å². The number of para-hydroxylation sites is 1. The SMILES string of the molecule is COc1ccccc1/C(Cl)=C(\C)Cl. The van der Waals surface area contributed by atoms with Crippen LogP contribution in [-0.4, -0.2) is 7.11 Å². The number of hydrogen-bond donors (Lipinski definition) is 0. The highest BCUT2D eigenvalue weighted by atomic mass is 35.5. The van der Waals surface area contributed by atoms with E-state index in [1.807, 2.05) is 24.3 Å². The van der Waals surface area contributed by atoms with Crippen LogP contribution in [0.2, 0.25) is 0 Å². The molecule has 0 aromatic heterocycles. The monoisotopic (exact) mass is 216 g/mol. The van der Waals surface area contributed by atoms with Crippen LogP contribution in [0.1, 0.15) is 12.5 Å².